The van der Waals surface area contributed by atoms with E-state index in [0.717, 1.165) is 0 Å². The van der Waals surface area contributed by atoms with Crippen LogP contribution in [0.25, 0.3) is 11.2 Å². The summed E-state index contributed by atoms with van der Waals surface area (Å²) in [5.41, 5.74) is 9.88. The summed E-state index contributed by atoms with van der Waals surface area (Å²) in [6, 6.07) is 3.42. The zero-order chi connectivity index (χ0) is 24.4. The lowest BCUT2D eigenvalue weighted by molar-refractivity contribution is -0.0511. The zero-order valence-corrected chi connectivity index (χ0v) is 18.6. The molecule has 3 aromatic rings. The number of hydrazone groups is 1. The maximum atomic E-state index is 10.3. The van der Waals surface area contributed by atoms with Gasteiger partial charge in [0.15, 0.2) is 29.2 Å². The highest BCUT2D eigenvalue weighted by molar-refractivity contribution is 5.84. The van der Waals surface area contributed by atoms with Gasteiger partial charge in [0.1, 0.15) is 23.8 Å². The first-order valence-corrected chi connectivity index (χ1v) is 10.1. The molecular weight excluding hydrogens is 450 g/mol. The summed E-state index contributed by atoms with van der Waals surface area (Å²) in [5.74, 6) is 1.51. The first-order chi connectivity index (χ1) is 16.4. The Morgan fingerprint density at radius 2 is 1.85 bits per heavy atom. The van der Waals surface area contributed by atoms with Gasteiger partial charge in [0, 0.05) is 5.56 Å². The summed E-state index contributed by atoms with van der Waals surface area (Å²) < 4.78 is 22.9. The second-order valence-corrected chi connectivity index (χ2v) is 7.31. The summed E-state index contributed by atoms with van der Waals surface area (Å²) in [4.78, 5) is 12.7. The SMILES string of the molecule is COc1cc(/C=N/Nc2nc(N)c3ncn([C@@H]4O[C@H](CO)C(O)C4O)c3n2)cc(OC)c1OC. The molecule has 0 spiro atoms. The van der Waals surface area contributed by atoms with Crippen LogP contribution in [0, 0.1) is 0 Å². The monoisotopic (exact) mass is 475 g/mol. The summed E-state index contributed by atoms with van der Waals surface area (Å²) in [6.07, 6.45) is -1.69. The number of nitrogens with zero attached hydrogens (tertiary/aromatic N) is 5. The number of methoxy groups -OCH3 is 3. The van der Waals surface area contributed by atoms with E-state index in [1.165, 1.54) is 38.4 Å². The Labute approximate surface area is 193 Å². The molecule has 1 aliphatic heterocycles. The number of benzene rings is 1. The van der Waals surface area contributed by atoms with Gasteiger partial charge in [-0.25, -0.2) is 10.4 Å². The molecule has 2 unspecified atom stereocenters. The van der Waals surface area contributed by atoms with Crippen LogP contribution in [-0.4, -0.2) is 87.3 Å². The molecule has 1 aliphatic rings. The van der Waals surface area contributed by atoms with Crippen LogP contribution in [0.5, 0.6) is 17.2 Å². The van der Waals surface area contributed by atoms with Crippen LogP contribution in [0.15, 0.2) is 23.6 Å². The molecule has 1 aromatic carbocycles. The topological polar surface area (TPSA) is 192 Å². The van der Waals surface area contributed by atoms with Gasteiger partial charge in [0.25, 0.3) is 0 Å². The lowest BCUT2D eigenvalue weighted by Crippen LogP contribution is -2.33. The number of nitrogen functional groups attached to an aromatic ring is 1. The average molecular weight is 475 g/mol. The fourth-order valence-corrected chi connectivity index (χ4v) is 3.62. The van der Waals surface area contributed by atoms with Gasteiger partial charge < -0.3 is 40.0 Å². The third-order valence-electron chi connectivity index (χ3n) is 5.30. The standard InChI is InChI=1S/C20H25N7O7/c1-31-10-4-9(5-11(32-2)16(10)33-3)6-23-26-20-24-17(21)13-18(25-20)27(8-22-13)19-15(30)14(29)12(7-28)34-19/h4-6,8,12,14-15,19,28-30H,7H2,1-3H3,(H3,21,24,25,26)/b23-6+/t12-,14?,15?,19-/m1/s1. The van der Waals surface area contributed by atoms with Gasteiger partial charge in [0.05, 0.1) is 40.5 Å². The fraction of sp³-hybridized carbons (Fsp3) is 0.400. The second-order valence-electron chi connectivity index (χ2n) is 7.31. The Morgan fingerprint density at radius 3 is 2.44 bits per heavy atom. The molecular formula is C20H25N7O7. The summed E-state index contributed by atoms with van der Waals surface area (Å²) in [6.45, 7) is -0.457. The molecule has 182 valence electrons. The maximum absolute atomic E-state index is 10.3. The first-order valence-electron chi connectivity index (χ1n) is 10.1. The average Bonchev–Trinajstić information content (AvgIpc) is 3.39. The lowest BCUT2D eigenvalue weighted by atomic mass is 10.1. The molecule has 14 heteroatoms. The van der Waals surface area contributed by atoms with Gasteiger partial charge in [0.2, 0.25) is 11.7 Å². The van der Waals surface area contributed by atoms with Gasteiger partial charge >= 0.3 is 0 Å². The molecule has 4 atom stereocenters. The predicted molar refractivity (Wildman–Crippen MR) is 120 cm³/mol. The highest BCUT2D eigenvalue weighted by Crippen LogP contribution is 2.38. The molecule has 3 heterocycles. The van der Waals surface area contributed by atoms with Crippen molar-refractivity contribution < 1.29 is 34.3 Å². The van der Waals surface area contributed by atoms with Gasteiger partial charge in [-0.2, -0.15) is 15.1 Å². The van der Waals surface area contributed by atoms with E-state index in [1.807, 2.05) is 0 Å². The molecule has 0 radical (unpaired) electrons. The Balaban J connectivity index is 1.60. The largest absolute Gasteiger partial charge is 0.493 e. The molecule has 6 N–H and O–H groups in total. The van der Waals surface area contributed by atoms with Gasteiger partial charge in [-0.1, -0.05) is 0 Å². The third kappa shape index (κ3) is 4.14. The Hall–Kier alpha value is -3.72. The molecule has 0 amide bonds. The van der Waals surface area contributed by atoms with Crippen molar-refractivity contribution in [3.8, 4) is 17.2 Å². The molecule has 1 saturated heterocycles. The highest BCUT2D eigenvalue weighted by Gasteiger charge is 2.44. The molecule has 4 rings (SSSR count). The van der Waals surface area contributed by atoms with Crippen molar-refractivity contribution in [1.29, 1.82) is 0 Å². The highest BCUT2D eigenvalue weighted by atomic mass is 16.6. The minimum Gasteiger partial charge on any atom is -0.493 e. The van der Waals surface area contributed by atoms with E-state index in [-0.39, 0.29) is 22.9 Å². The van der Waals surface area contributed by atoms with Crippen molar-refractivity contribution in [2.45, 2.75) is 24.5 Å². The number of aliphatic hydroxyl groups is 3. The third-order valence-corrected chi connectivity index (χ3v) is 5.30. The van der Waals surface area contributed by atoms with Gasteiger partial charge in [-0.05, 0) is 12.1 Å². The Kier molecular flexibility index (Phi) is 6.65. The minimum atomic E-state index is -1.31. The van der Waals surface area contributed by atoms with E-state index in [9.17, 15) is 15.3 Å². The maximum Gasteiger partial charge on any atom is 0.247 e. The van der Waals surface area contributed by atoms with Crippen molar-refractivity contribution in [1.82, 2.24) is 19.5 Å². The van der Waals surface area contributed by atoms with Crippen molar-refractivity contribution in [3.63, 3.8) is 0 Å². The van der Waals surface area contributed by atoms with Crippen molar-refractivity contribution in [2.75, 3.05) is 39.1 Å². The van der Waals surface area contributed by atoms with Crippen LogP contribution >= 0.6 is 0 Å². The van der Waals surface area contributed by atoms with E-state index in [4.69, 9.17) is 24.7 Å². The summed E-state index contributed by atoms with van der Waals surface area (Å²) in [5, 5.41) is 33.9. The van der Waals surface area contributed by atoms with Crippen molar-refractivity contribution in [2.24, 2.45) is 5.10 Å². The number of ether oxygens (including phenoxy) is 4. The van der Waals surface area contributed by atoms with Crippen LogP contribution in [-0.2, 0) is 4.74 Å². The molecule has 2 aromatic heterocycles. The first kappa shape index (κ1) is 23.4. The van der Waals surface area contributed by atoms with Crippen LogP contribution in [0.1, 0.15) is 11.8 Å². The normalized spacial score (nSPS) is 22.4. The van der Waals surface area contributed by atoms with E-state index >= 15 is 0 Å². The quantitative estimate of drug-likeness (QED) is 0.207. The van der Waals surface area contributed by atoms with Crippen LogP contribution < -0.4 is 25.4 Å². The van der Waals surface area contributed by atoms with E-state index in [1.54, 1.807) is 12.1 Å². The molecule has 0 saturated carbocycles. The number of nitrogens with one attached hydrogen (secondary N) is 1. The molecule has 34 heavy (non-hydrogen) atoms. The van der Waals surface area contributed by atoms with Crippen LogP contribution in [0.4, 0.5) is 11.8 Å². The van der Waals surface area contributed by atoms with E-state index in [2.05, 4.69) is 25.5 Å². The summed E-state index contributed by atoms with van der Waals surface area (Å²) in [7, 11) is 4.54. The Morgan fingerprint density at radius 1 is 1.15 bits per heavy atom. The number of nitrogens with two attached hydrogens (primary N) is 1. The van der Waals surface area contributed by atoms with Crippen molar-refractivity contribution >= 4 is 29.1 Å². The van der Waals surface area contributed by atoms with Crippen molar-refractivity contribution in [3.05, 3.63) is 24.0 Å². The van der Waals surface area contributed by atoms with Gasteiger partial charge in [-0.15, -0.1) is 0 Å². The predicted octanol–water partition coefficient (Wildman–Crippen LogP) is -0.508. The number of fused-ring (bicyclic) bond motifs is 1. The number of hydrogen-bond donors (Lipinski definition) is 5. The number of anilines is 2. The number of aliphatic hydroxyl groups excluding tert-OH is 3. The lowest BCUT2D eigenvalue weighted by Gasteiger charge is -2.16. The summed E-state index contributed by atoms with van der Waals surface area (Å²) >= 11 is 0. The van der Waals surface area contributed by atoms with E-state index < -0.39 is 31.1 Å². The molecule has 1 fully saturated rings. The van der Waals surface area contributed by atoms with Crippen LogP contribution in [0.3, 0.4) is 0 Å². The minimum absolute atomic E-state index is 0.0576. The smallest absolute Gasteiger partial charge is 0.247 e. The van der Waals surface area contributed by atoms with Gasteiger partial charge in [-0.3, -0.25) is 4.57 Å². The number of hydrogen-bond acceptors (Lipinski definition) is 13. The molecule has 0 aliphatic carbocycles. The Bertz CT molecular complexity index is 1180. The van der Waals surface area contributed by atoms with E-state index in [0.29, 0.717) is 22.8 Å². The number of imidazole rings is 1. The second kappa shape index (κ2) is 9.64. The van der Waals surface area contributed by atoms with Crippen LogP contribution in [0.2, 0.25) is 0 Å². The number of rotatable bonds is 8. The molecule has 0 bridgehead atoms. The zero-order valence-electron chi connectivity index (χ0n) is 18.6. The molecule has 14 nitrogen and oxygen atoms in total. The number of aromatic nitrogens is 4. The fourth-order valence-electron chi connectivity index (χ4n) is 3.62.